The van der Waals surface area contributed by atoms with Gasteiger partial charge < -0.3 is 20.4 Å². The van der Waals surface area contributed by atoms with Gasteiger partial charge >= 0.3 is 12.0 Å². The van der Waals surface area contributed by atoms with E-state index in [0.717, 1.165) is 26.1 Å². The summed E-state index contributed by atoms with van der Waals surface area (Å²) < 4.78 is 0. The summed E-state index contributed by atoms with van der Waals surface area (Å²) in [6, 6.07) is 0.456. The number of nitrogens with one attached hydrogen (secondary N) is 1. The summed E-state index contributed by atoms with van der Waals surface area (Å²) in [4.78, 5) is 26.8. The average molecular weight is 285 g/mol. The van der Waals surface area contributed by atoms with Gasteiger partial charge in [-0.1, -0.05) is 0 Å². The highest BCUT2D eigenvalue weighted by Gasteiger charge is 2.36. The second-order valence-corrected chi connectivity index (χ2v) is 5.67. The predicted octanol–water partition coefficient (Wildman–Crippen LogP) is -0.300. The van der Waals surface area contributed by atoms with Crippen molar-refractivity contribution in [1.29, 1.82) is 0 Å². The van der Waals surface area contributed by atoms with Crippen LogP contribution in [0.25, 0.3) is 0 Å². The summed E-state index contributed by atoms with van der Waals surface area (Å²) in [6.07, 6.45) is 0.935. The maximum atomic E-state index is 12.1. The van der Waals surface area contributed by atoms with E-state index in [1.54, 1.807) is 0 Å². The first-order chi connectivity index (χ1) is 9.49. The second-order valence-electron chi connectivity index (χ2n) is 5.67. The van der Waals surface area contributed by atoms with Crippen molar-refractivity contribution >= 4 is 12.0 Å². The highest BCUT2D eigenvalue weighted by molar-refractivity contribution is 5.75. The van der Waals surface area contributed by atoms with E-state index in [1.807, 2.05) is 11.8 Å². The Morgan fingerprint density at radius 1 is 1.40 bits per heavy atom. The van der Waals surface area contributed by atoms with Gasteiger partial charge in [0.15, 0.2) is 6.10 Å². The fourth-order valence-electron chi connectivity index (χ4n) is 3.01. The third kappa shape index (κ3) is 3.40. The van der Waals surface area contributed by atoms with Crippen LogP contribution in [0.2, 0.25) is 0 Å². The minimum Gasteiger partial charge on any atom is -0.479 e. The van der Waals surface area contributed by atoms with Gasteiger partial charge in [0.25, 0.3) is 0 Å². The molecule has 0 radical (unpaired) electrons. The molecule has 7 nitrogen and oxygen atoms in total. The van der Waals surface area contributed by atoms with E-state index >= 15 is 0 Å². The lowest BCUT2D eigenvalue weighted by Gasteiger charge is -2.42. The first kappa shape index (κ1) is 15.1. The van der Waals surface area contributed by atoms with E-state index in [9.17, 15) is 9.59 Å². The Morgan fingerprint density at radius 2 is 2.15 bits per heavy atom. The Bertz CT molecular complexity index is 377. The molecule has 3 unspecified atom stereocenters. The lowest BCUT2D eigenvalue weighted by molar-refractivity contribution is -0.146. The normalized spacial score (nSPS) is 28.0. The predicted molar refractivity (Wildman–Crippen MR) is 72.4 cm³/mol. The van der Waals surface area contributed by atoms with E-state index in [4.69, 9.17) is 10.2 Å². The Kier molecular flexibility index (Phi) is 4.82. The van der Waals surface area contributed by atoms with Gasteiger partial charge in [-0.25, -0.2) is 9.59 Å². The second kappa shape index (κ2) is 6.41. The highest BCUT2D eigenvalue weighted by atomic mass is 16.4. The summed E-state index contributed by atoms with van der Waals surface area (Å²) >= 11 is 0. The molecule has 0 aromatic heterocycles. The van der Waals surface area contributed by atoms with Crippen molar-refractivity contribution in [3.05, 3.63) is 0 Å². The Hall–Kier alpha value is -1.34. The largest absolute Gasteiger partial charge is 0.479 e. The van der Waals surface area contributed by atoms with Gasteiger partial charge in [-0.3, -0.25) is 4.90 Å². The number of amides is 2. The molecule has 2 amide bonds. The Morgan fingerprint density at radius 3 is 2.85 bits per heavy atom. The van der Waals surface area contributed by atoms with Gasteiger partial charge in [-0.15, -0.1) is 0 Å². The molecule has 0 aromatic carbocycles. The van der Waals surface area contributed by atoms with Crippen LogP contribution in [0.4, 0.5) is 4.79 Å². The van der Waals surface area contributed by atoms with Gasteiger partial charge in [-0.2, -0.15) is 0 Å². The molecular weight excluding hydrogens is 262 g/mol. The van der Waals surface area contributed by atoms with Crippen LogP contribution < -0.4 is 5.32 Å². The fraction of sp³-hybridized carbons (Fsp3) is 0.846. The van der Waals surface area contributed by atoms with Crippen LogP contribution in [-0.2, 0) is 4.79 Å². The van der Waals surface area contributed by atoms with Crippen molar-refractivity contribution in [2.24, 2.45) is 0 Å². The zero-order chi connectivity index (χ0) is 14.7. The van der Waals surface area contributed by atoms with Crippen molar-refractivity contribution in [2.75, 3.05) is 26.2 Å². The quantitative estimate of drug-likeness (QED) is 0.659. The number of hydrogen-bond donors (Lipinski definition) is 3. The number of aliphatic carboxylic acids is 1. The highest BCUT2D eigenvalue weighted by Crippen LogP contribution is 2.24. The molecule has 2 aliphatic rings. The number of hydrogen-bond acceptors (Lipinski definition) is 4. The Labute approximate surface area is 118 Å². The van der Waals surface area contributed by atoms with Crippen molar-refractivity contribution in [3.63, 3.8) is 0 Å². The van der Waals surface area contributed by atoms with E-state index in [2.05, 4.69) is 10.2 Å². The summed E-state index contributed by atoms with van der Waals surface area (Å²) in [5, 5.41) is 20.4. The van der Waals surface area contributed by atoms with Crippen molar-refractivity contribution in [2.45, 2.75) is 44.4 Å². The molecule has 2 saturated heterocycles. The minimum absolute atomic E-state index is 0.0266. The lowest BCUT2D eigenvalue weighted by atomic mass is 10.1. The summed E-state index contributed by atoms with van der Waals surface area (Å²) in [7, 11) is 0. The number of rotatable bonds is 4. The number of fused-ring (bicyclic) bond motifs is 1. The molecule has 3 N–H and O–H groups in total. The van der Waals surface area contributed by atoms with Crippen LogP contribution in [0.1, 0.15) is 26.2 Å². The molecule has 2 fully saturated rings. The monoisotopic (exact) mass is 285 g/mol. The fourth-order valence-corrected chi connectivity index (χ4v) is 3.01. The molecule has 114 valence electrons. The molecule has 0 aliphatic carbocycles. The van der Waals surface area contributed by atoms with Crippen LogP contribution in [0.3, 0.4) is 0 Å². The topological polar surface area (TPSA) is 93.1 Å². The number of aliphatic hydroxyl groups excluding tert-OH is 1. The van der Waals surface area contributed by atoms with Crippen LogP contribution in [0.5, 0.6) is 0 Å². The van der Waals surface area contributed by atoms with Gasteiger partial charge in [0.2, 0.25) is 0 Å². The van der Waals surface area contributed by atoms with Gasteiger partial charge in [0, 0.05) is 38.1 Å². The molecule has 2 aliphatic heterocycles. The Balaban J connectivity index is 1.78. The number of urea groups is 1. The first-order valence-corrected chi connectivity index (χ1v) is 7.18. The molecule has 7 heteroatoms. The van der Waals surface area contributed by atoms with E-state index < -0.39 is 12.1 Å². The molecule has 0 bridgehead atoms. The number of piperazine rings is 1. The number of carbonyl (C=O) groups excluding carboxylic acids is 1. The number of aliphatic hydroxyl groups is 1. The molecule has 2 rings (SSSR count). The van der Waals surface area contributed by atoms with E-state index in [1.165, 1.54) is 6.42 Å². The smallest absolute Gasteiger partial charge is 0.332 e. The zero-order valence-corrected chi connectivity index (χ0v) is 11.8. The third-order valence-electron chi connectivity index (χ3n) is 4.18. The SMILES string of the molecule is CC1CN2CCCC2CN1C(=O)NCCC(O)C(=O)O. The number of carbonyl (C=O) groups is 2. The summed E-state index contributed by atoms with van der Waals surface area (Å²) in [5.74, 6) is -1.26. The zero-order valence-electron chi connectivity index (χ0n) is 11.8. The minimum atomic E-state index is -1.42. The van der Waals surface area contributed by atoms with Gasteiger partial charge in [0.1, 0.15) is 0 Å². The standard InChI is InChI=1S/C13H23N3O4/c1-9-7-15-6-2-3-10(15)8-16(9)13(20)14-5-4-11(17)12(18)19/h9-11,17H,2-8H2,1H3,(H,14,20)(H,18,19). The van der Waals surface area contributed by atoms with Gasteiger partial charge in [0.05, 0.1) is 0 Å². The van der Waals surface area contributed by atoms with Crippen molar-refractivity contribution in [1.82, 2.24) is 15.1 Å². The van der Waals surface area contributed by atoms with Crippen LogP contribution in [0.15, 0.2) is 0 Å². The van der Waals surface area contributed by atoms with E-state index in [-0.39, 0.29) is 25.0 Å². The number of carboxylic acid groups (broad SMARTS) is 1. The van der Waals surface area contributed by atoms with Crippen LogP contribution >= 0.6 is 0 Å². The average Bonchev–Trinajstić information content (AvgIpc) is 2.84. The van der Waals surface area contributed by atoms with Crippen LogP contribution in [-0.4, -0.2) is 76.4 Å². The summed E-state index contributed by atoms with van der Waals surface area (Å²) in [5.41, 5.74) is 0. The maximum Gasteiger partial charge on any atom is 0.332 e. The molecule has 0 spiro atoms. The lowest BCUT2D eigenvalue weighted by Crippen LogP contribution is -2.59. The number of carboxylic acids is 1. The maximum absolute atomic E-state index is 12.1. The summed E-state index contributed by atoms with van der Waals surface area (Å²) in [6.45, 7) is 4.95. The molecule has 20 heavy (non-hydrogen) atoms. The molecule has 2 heterocycles. The van der Waals surface area contributed by atoms with E-state index in [0.29, 0.717) is 6.04 Å². The number of nitrogens with zero attached hydrogens (tertiary/aromatic N) is 2. The van der Waals surface area contributed by atoms with Crippen molar-refractivity contribution < 1.29 is 19.8 Å². The molecule has 3 atom stereocenters. The molecular formula is C13H23N3O4. The third-order valence-corrected chi connectivity index (χ3v) is 4.18. The van der Waals surface area contributed by atoms with Crippen molar-refractivity contribution in [3.8, 4) is 0 Å². The molecule has 0 aromatic rings. The van der Waals surface area contributed by atoms with Crippen LogP contribution in [0, 0.1) is 0 Å². The first-order valence-electron chi connectivity index (χ1n) is 7.18. The van der Waals surface area contributed by atoms with Gasteiger partial charge in [-0.05, 0) is 26.3 Å². The molecule has 0 saturated carbocycles.